The lowest BCUT2D eigenvalue weighted by Gasteiger charge is -2.09. The number of carbonyl (C=O) groups is 1. The molecule has 0 amide bonds. The van der Waals surface area contributed by atoms with Crippen LogP contribution in [-0.4, -0.2) is 15.6 Å². The van der Waals surface area contributed by atoms with Crippen LogP contribution in [0.4, 0.5) is 5.69 Å². The predicted octanol–water partition coefficient (Wildman–Crippen LogP) is 4.70. The lowest BCUT2D eigenvalue weighted by atomic mass is 10.1. The average molecular weight is 348 g/mol. The number of rotatable bonds is 4. The molecule has 0 saturated carbocycles. The Morgan fingerprint density at radius 2 is 1.80 bits per heavy atom. The van der Waals surface area contributed by atoms with E-state index in [-0.39, 0.29) is 0 Å². The third-order valence-electron chi connectivity index (χ3n) is 4.26. The molecule has 0 bridgehead atoms. The number of aromatic carboxylic acids is 1. The molecule has 0 aliphatic carbocycles. The van der Waals surface area contributed by atoms with Gasteiger partial charge in [0.25, 0.3) is 0 Å². The number of carboxylic acid groups (broad SMARTS) is 1. The van der Waals surface area contributed by atoms with Crippen LogP contribution in [0.25, 0.3) is 21.3 Å². The summed E-state index contributed by atoms with van der Waals surface area (Å²) >= 11 is 1.55. The number of benzene rings is 2. The van der Waals surface area contributed by atoms with E-state index in [0.717, 1.165) is 26.9 Å². The Balaban J connectivity index is 1.98. The van der Waals surface area contributed by atoms with E-state index in [2.05, 4.69) is 0 Å². The number of para-hydroxylation sites is 1. The van der Waals surface area contributed by atoms with Crippen LogP contribution in [0.5, 0.6) is 0 Å². The topological polar surface area (TPSA) is 68.2 Å². The zero-order valence-electron chi connectivity index (χ0n) is 13.3. The summed E-state index contributed by atoms with van der Waals surface area (Å²) in [6.07, 6.45) is 0. The fourth-order valence-corrected chi connectivity index (χ4v) is 3.95. The summed E-state index contributed by atoms with van der Waals surface area (Å²) in [6.45, 7) is 0.480. The molecule has 2 aromatic heterocycles. The average Bonchev–Trinajstić information content (AvgIpc) is 3.23. The van der Waals surface area contributed by atoms with Crippen molar-refractivity contribution in [2.24, 2.45) is 0 Å². The van der Waals surface area contributed by atoms with Crippen LogP contribution in [0.3, 0.4) is 0 Å². The number of nitrogens with two attached hydrogens (primary N) is 1. The van der Waals surface area contributed by atoms with Gasteiger partial charge in [-0.2, -0.15) is 0 Å². The van der Waals surface area contributed by atoms with Gasteiger partial charge >= 0.3 is 5.97 Å². The van der Waals surface area contributed by atoms with Crippen molar-refractivity contribution in [3.05, 3.63) is 77.3 Å². The molecule has 124 valence electrons. The summed E-state index contributed by atoms with van der Waals surface area (Å²) in [5.41, 5.74) is 9.48. The second kappa shape index (κ2) is 6.11. The van der Waals surface area contributed by atoms with Crippen LogP contribution in [-0.2, 0) is 6.54 Å². The Hall–Kier alpha value is -3.05. The number of thiophene rings is 1. The number of carboxylic acids is 1. The lowest BCUT2D eigenvalue weighted by Crippen LogP contribution is -2.10. The lowest BCUT2D eigenvalue weighted by molar-refractivity contribution is 0.0687. The Labute approximate surface area is 148 Å². The van der Waals surface area contributed by atoms with Crippen molar-refractivity contribution in [2.45, 2.75) is 6.54 Å². The minimum Gasteiger partial charge on any atom is -0.477 e. The van der Waals surface area contributed by atoms with Gasteiger partial charge < -0.3 is 15.4 Å². The van der Waals surface area contributed by atoms with E-state index in [1.807, 2.05) is 70.6 Å². The van der Waals surface area contributed by atoms with Crippen LogP contribution in [0.15, 0.2) is 66.0 Å². The van der Waals surface area contributed by atoms with Crippen molar-refractivity contribution in [2.75, 3.05) is 5.73 Å². The first-order valence-electron chi connectivity index (χ1n) is 7.88. The highest BCUT2D eigenvalue weighted by Crippen LogP contribution is 2.37. The molecule has 0 unspecified atom stereocenters. The standard InChI is InChI=1S/C20H16N2O2S/c21-14-9-7-13(8-10-14)12-22-16-5-2-1-4-15(16)18(19(22)20(23)24)17-6-3-11-25-17/h1-11H,12,21H2,(H,23,24). The molecule has 4 rings (SSSR count). The van der Waals surface area contributed by atoms with Gasteiger partial charge in [0, 0.05) is 33.6 Å². The van der Waals surface area contributed by atoms with Gasteiger partial charge in [0.1, 0.15) is 5.69 Å². The SMILES string of the molecule is Nc1ccc(Cn2c(C(=O)O)c(-c3cccs3)c3ccccc32)cc1. The maximum atomic E-state index is 12.1. The summed E-state index contributed by atoms with van der Waals surface area (Å²) in [5.74, 6) is -0.921. The number of anilines is 1. The van der Waals surface area contributed by atoms with Gasteiger partial charge in [-0.3, -0.25) is 0 Å². The first-order chi connectivity index (χ1) is 12.1. The van der Waals surface area contributed by atoms with Crippen molar-refractivity contribution in [3.8, 4) is 10.4 Å². The van der Waals surface area contributed by atoms with Crippen LogP contribution in [0, 0.1) is 0 Å². The van der Waals surface area contributed by atoms with E-state index < -0.39 is 5.97 Å². The monoisotopic (exact) mass is 348 g/mol. The second-order valence-electron chi connectivity index (χ2n) is 5.85. The van der Waals surface area contributed by atoms with E-state index in [1.165, 1.54) is 0 Å². The molecule has 25 heavy (non-hydrogen) atoms. The van der Waals surface area contributed by atoms with Gasteiger partial charge in [0.2, 0.25) is 0 Å². The van der Waals surface area contributed by atoms with E-state index in [1.54, 1.807) is 11.3 Å². The van der Waals surface area contributed by atoms with E-state index in [4.69, 9.17) is 5.73 Å². The number of hydrogen-bond acceptors (Lipinski definition) is 3. The molecule has 0 spiro atoms. The molecule has 3 N–H and O–H groups in total. The summed E-state index contributed by atoms with van der Waals surface area (Å²) in [5, 5.41) is 12.9. The summed E-state index contributed by atoms with van der Waals surface area (Å²) in [6, 6.07) is 19.3. The molecular weight excluding hydrogens is 332 g/mol. The highest BCUT2D eigenvalue weighted by atomic mass is 32.1. The second-order valence-corrected chi connectivity index (χ2v) is 6.80. The smallest absolute Gasteiger partial charge is 0.353 e. The molecule has 4 nitrogen and oxygen atoms in total. The van der Waals surface area contributed by atoms with Crippen molar-refractivity contribution < 1.29 is 9.90 Å². The number of fused-ring (bicyclic) bond motifs is 1. The third kappa shape index (κ3) is 2.68. The summed E-state index contributed by atoms with van der Waals surface area (Å²) in [4.78, 5) is 13.1. The van der Waals surface area contributed by atoms with Gasteiger partial charge in [-0.15, -0.1) is 11.3 Å². The van der Waals surface area contributed by atoms with Crippen molar-refractivity contribution in [1.82, 2.24) is 4.57 Å². The number of aromatic nitrogens is 1. The predicted molar refractivity (Wildman–Crippen MR) is 102 cm³/mol. The van der Waals surface area contributed by atoms with Crippen LogP contribution >= 0.6 is 11.3 Å². The van der Waals surface area contributed by atoms with Crippen molar-refractivity contribution in [3.63, 3.8) is 0 Å². The minimum absolute atomic E-state index is 0.320. The van der Waals surface area contributed by atoms with Gasteiger partial charge in [-0.05, 0) is 35.2 Å². The number of nitrogen functional groups attached to an aromatic ring is 1. The molecule has 4 aromatic rings. The molecule has 5 heteroatoms. The normalized spacial score (nSPS) is 11.0. The Bertz CT molecular complexity index is 1050. The molecule has 0 aliphatic heterocycles. The third-order valence-corrected chi connectivity index (χ3v) is 5.15. The van der Waals surface area contributed by atoms with Crippen LogP contribution in [0.2, 0.25) is 0 Å². The number of nitrogens with zero attached hydrogens (tertiary/aromatic N) is 1. The summed E-state index contributed by atoms with van der Waals surface area (Å²) in [7, 11) is 0. The molecule has 2 heterocycles. The van der Waals surface area contributed by atoms with Crippen molar-refractivity contribution >= 4 is 33.9 Å². The van der Waals surface area contributed by atoms with Gasteiger partial charge in [0.05, 0.1) is 0 Å². The molecule has 0 aliphatic rings. The van der Waals surface area contributed by atoms with E-state index >= 15 is 0 Å². The molecule has 0 radical (unpaired) electrons. The summed E-state index contributed by atoms with van der Waals surface area (Å²) < 4.78 is 1.87. The van der Waals surface area contributed by atoms with E-state index in [9.17, 15) is 9.90 Å². The fourth-order valence-electron chi connectivity index (χ4n) is 3.17. The number of hydrogen-bond donors (Lipinski definition) is 2. The first-order valence-corrected chi connectivity index (χ1v) is 8.76. The Morgan fingerprint density at radius 3 is 2.48 bits per heavy atom. The molecule has 0 saturated heterocycles. The van der Waals surface area contributed by atoms with Crippen molar-refractivity contribution in [1.29, 1.82) is 0 Å². The molecule has 0 fully saturated rings. The maximum Gasteiger partial charge on any atom is 0.353 e. The Kier molecular flexibility index (Phi) is 3.78. The minimum atomic E-state index is -0.921. The fraction of sp³-hybridized carbons (Fsp3) is 0.0500. The highest BCUT2D eigenvalue weighted by molar-refractivity contribution is 7.13. The van der Waals surface area contributed by atoms with Gasteiger partial charge in [-0.1, -0.05) is 36.4 Å². The largest absolute Gasteiger partial charge is 0.477 e. The quantitative estimate of drug-likeness (QED) is 0.525. The zero-order chi connectivity index (χ0) is 17.4. The van der Waals surface area contributed by atoms with E-state index in [0.29, 0.717) is 17.9 Å². The first kappa shape index (κ1) is 15.5. The Morgan fingerprint density at radius 1 is 1.04 bits per heavy atom. The molecular formula is C20H16N2O2S. The highest BCUT2D eigenvalue weighted by Gasteiger charge is 2.23. The zero-order valence-corrected chi connectivity index (χ0v) is 14.2. The van der Waals surface area contributed by atoms with Gasteiger partial charge in [0.15, 0.2) is 0 Å². The molecule has 0 atom stereocenters. The van der Waals surface area contributed by atoms with Crippen LogP contribution < -0.4 is 5.73 Å². The van der Waals surface area contributed by atoms with Crippen LogP contribution in [0.1, 0.15) is 16.1 Å². The maximum absolute atomic E-state index is 12.1. The molecule has 2 aromatic carbocycles. The van der Waals surface area contributed by atoms with Gasteiger partial charge in [-0.25, -0.2) is 4.79 Å².